The van der Waals surface area contributed by atoms with E-state index in [1.807, 2.05) is 29.2 Å². The Balaban J connectivity index is 1.50. The number of nitrogens with one attached hydrogen (secondary N) is 1. The van der Waals surface area contributed by atoms with Gasteiger partial charge in [-0.05, 0) is 37.0 Å². The van der Waals surface area contributed by atoms with Crippen LogP contribution in [0.3, 0.4) is 0 Å². The van der Waals surface area contributed by atoms with Crippen molar-refractivity contribution in [3.63, 3.8) is 0 Å². The Kier molecular flexibility index (Phi) is 4.68. The van der Waals surface area contributed by atoms with Crippen LogP contribution < -0.4 is 5.32 Å². The number of nitrogens with zero attached hydrogens (tertiary/aromatic N) is 3. The molecule has 0 radical (unpaired) electrons. The number of benzene rings is 1. The molecule has 2 amide bonds. The molecule has 4 rings (SSSR count). The van der Waals surface area contributed by atoms with Gasteiger partial charge in [-0.2, -0.15) is 5.10 Å². The minimum Gasteiger partial charge on any atom is -0.343 e. The average molecular weight is 373 g/mol. The van der Waals surface area contributed by atoms with E-state index >= 15 is 0 Å². The summed E-state index contributed by atoms with van der Waals surface area (Å²) < 4.78 is 1.78. The van der Waals surface area contributed by atoms with Crippen LogP contribution in [0.4, 0.5) is 5.82 Å². The summed E-state index contributed by atoms with van der Waals surface area (Å²) in [7, 11) is 0. The Morgan fingerprint density at radius 2 is 1.92 bits per heavy atom. The molecule has 1 aromatic heterocycles. The second-order valence-corrected chi connectivity index (χ2v) is 7.36. The molecule has 2 aliphatic heterocycles. The Labute approximate surface area is 157 Å². The van der Waals surface area contributed by atoms with Crippen molar-refractivity contribution < 1.29 is 9.59 Å². The van der Waals surface area contributed by atoms with E-state index < -0.39 is 0 Å². The highest BCUT2D eigenvalue weighted by molar-refractivity contribution is 6.30. The molecule has 1 saturated heterocycles. The van der Waals surface area contributed by atoms with Crippen molar-refractivity contribution >= 4 is 29.2 Å². The van der Waals surface area contributed by atoms with Crippen molar-refractivity contribution in [3.8, 4) is 11.1 Å². The summed E-state index contributed by atoms with van der Waals surface area (Å²) in [6.07, 6.45) is 5.26. The number of likely N-dealkylation sites (tertiary alicyclic amines) is 1. The highest BCUT2D eigenvalue weighted by Gasteiger charge is 2.32. The molecule has 1 unspecified atom stereocenters. The van der Waals surface area contributed by atoms with E-state index in [0.29, 0.717) is 17.4 Å². The lowest BCUT2D eigenvalue weighted by atomic mass is 10.00. The van der Waals surface area contributed by atoms with Crippen molar-refractivity contribution in [1.82, 2.24) is 14.7 Å². The first-order chi connectivity index (χ1) is 12.6. The van der Waals surface area contributed by atoms with E-state index in [1.165, 1.54) is 6.42 Å². The van der Waals surface area contributed by atoms with Crippen LogP contribution in [0.2, 0.25) is 5.02 Å². The number of aromatic nitrogens is 2. The summed E-state index contributed by atoms with van der Waals surface area (Å²) in [5.74, 6) is 0.255. The summed E-state index contributed by atoms with van der Waals surface area (Å²) in [5, 5.41) is 8.00. The molecule has 2 aromatic rings. The van der Waals surface area contributed by atoms with Gasteiger partial charge in [0.15, 0.2) is 0 Å². The number of halogens is 1. The summed E-state index contributed by atoms with van der Waals surface area (Å²) in [6.45, 7) is 2.04. The third-order valence-corrected chi connectivity index (χ3v) is 5.38. The molecule has 1 N–H and O–H groups in total. The maximum atomic E-state index is 12.6. The molecule has 3 heterocycles. The summed E-state index contributed by atoms with van der Waals surface area (Å²) in [6, 6.07) is 7.42. The number of fused-ring (bicyclic) bond motifs is 1. The summed E-state index contributed by atoms with van der Waals surface area (Å²) >= 11 is 5.94. The van der Waals surface area contributed by atoms with E-state index in [-0.39, 0.29) is 24.2 Å². The van der Waals surface area contributed by atoms with Crippen LogP contribution in [0.1, 0.15) is 25.7 Å². The monoisotopic (exact) mass is 372 g/mol. The van der Waals surface area contributed by atoms with Crippen molar-refractivity contribution in [2.45, 2.75) is 32.2 Å². The van der Waals surface area contributed by atoms with Gasteiger partial charge in [-0.25, -0.2) is 4.68 Å². The smallest absolute Gasteiger partial charge is 0.231 e. The minimum absolute atomic E-state index is 0.0679. The van der Waals surface area contributed by atoms with E-state index in [4.69, 9.17) is 11.6 Å². The minimum atomic E-state index is -0.380. The first-order valence-electron chi connectivity index (χ1n) is 9.02. The first kappa shape index (κ1) is 17.1. The van der Waals surface area contributed by atoms with Gasteiger partial charge in [0.2, 0.25) is 11.8 Å². The summed E-state index contributed by atoms with van der Waals surface area (Å²) in [4.78, 5) is 26.9. The maximum absolute atomic E-state index is 12.6. The van der Waals surface area contributed by atoms with Crippen molar-refractivity contribution in [2.75, 3.05) is 18.4 Å². The molecule has 1 atom stereocenters. The van der Waals surface area contributed by atoms with Crippen LogP contribution in [0.5, 0.6) is 0 Å². The van der Waals surface area contributed by atoms with Gasteiger partial charge in [0.1, 0.15) is 5.82 Å². The topological polar surface area (TPSA) is 67.2 Å². The Hall–Kier alpha value is -2.34. The fourth-order valence-corrected chi connectivity index (χ4v) is 3.77. The van der Waals surface area contributed by atoms with Crippen molar-refractivity contribution in [3.05, 3.63) is 35.5 Å². The lowest BCUT2D eigenvalue weighted by Gasteiger charge is -2.29. The molecule has 1 fully saturated rings. The number of piperidine rings is 1. The van der Waals surface area contributed by atoms with Gasteiger partial charge in [-0.15, -0.1) is 0 Å². The molecule has 0 bridgehead atoms. The number of carbonyl (C=O) groups excluding carboxylic acids is 2. The zero-order valence-corrected chi connectivity index (χ0v) is 15.2. The number of amides is 2. The maximum Gasteiger partial charge on any atom is 0.231 e. The second kappa shape index (κ2) is 7.11. The number of carbonyl (C=O) groups is 2. The molecular formula is C19H21ClN4O2. The van der Waals surface area contributed by atoms with E-state index in [2.05, 4.69) is 10.4 Å². The standard InChI is InChI=1S/C19H21ClN4O2/c20-15-6-4-13(5-7-15)16-11-21-24-12-14(19(26)22-18(16)24)10-17(25)23-8-2-1-3-9-23/h4-7,11,14H,1-3,8-10,12H2,(H,22,26). The van der Waals surface area contributed by atoms with Gasteiger partial charge in [0.05, 0.1) is 18.7 Å². The van der Waals surface area contributed by atoms with Gasteiger partial charge in [0, 0.05) is 30.1 Å². The van der Waals surface area contributed by atoms with E-state index in [1.54, 1.807) is 10.9 Å². The zero-order chi connectivity index (χ0) is 18.1. The SMILES string of the molecule is O=C1Nc2c(-c3ccc(Cl)cc3)cnn2CC1CC(=O)N1CCCCC1. The molecule has 0 spiro atoms. The Morgan fingerprint density at radius 1 is 1.19 bits per heavy atom. The second-order valence-electron chi connectivity index (χ2n) is 6.93. The van der Waals surface area contributed by atoms with Gasteiger partial charge in [0.25, 0.3) is 0 Å². The predicted octanol–water partition coefficient (Wildman–Crippen LogP) is 3.17. The molecule has 1 aromatic carbocycles. The average Bonchev–Trinajstić information content (AvgIpc) is 3.06. The van der Waals surface area contributed by atoms with Crippen LogP contribution in [-0.4, -0.2) is 39.6 Å². The number of hydrogen-bond donors (Lipinski definition) is 1. The fraction of sp³-hybridized carbons (Fsp3) is 0.421. The lowest BCUT2D eigenvalue weighted by molar-refractivity contribution is -0.136. The molecule has 2 aliphatic rings. The van der Waals surface area contributed by atoms with Crippen LogP contribution in [0, 0.1) is 5.92 Å². The third kappa shape index (κ3) is 3.33. The van der Waals surface area contributed by atoms with Crippen molar-refractivity contribution in [2.24, 2.45) is 5.92 Å². The van der Waals surface area contributed by atoms with Crippen LogP contribution in [0.15, 0.2) is 30.5 Å². The highest BCUT2D eigenvalue weighted by atomic mass is 35.5. The van der Waals surface area contributed by atoms with Gasteiger partial charge in [-0.1, -0.05) is 23.7 Å². The lowest BCUT2D eigenvalue weighted by Crippen LogP contribution is -2.41. The van der Waals surface area contributed by atoms with Gasteiger partial charge < -0.3 is 10.2 Å². The third-order valence-electron chi connectivity index (χ3n) is 5.13. The molecule has 0 aliphatic carbocycles. The molecule has 136 valence electrons. The highest BCUT2D eigenvalue weighted by Crippen LogP contribution is 2.32. The predicted molar refractivity (Wildman–Crippen MR) is 99.8 cm³/mol. The first-order valence-corrected chi connectivity index (χ1v) is 9.40. The number of hydrogen-bond acceptors (Lipinski definition) is 3. The van der Waals surface area contributed by atoms with Gasteiger partial charge in [-0.3, -0.25) is 9.59 Å². The van der Waals surface area contributed by atoms with Gasteiger partial charge >= 0.3 is 0 Å². The van der Waals surface area contributed by atoms with Crippen LogP contribution >= 0.6 is 11.6 Å². The Bertz CT molecular complexity index is 825. The summed E-state index contributed by atoms with van der Waals surface area (Å²) in [5.41, 5.74) is 1.80. The van der Waals surface area contributed by atoms with Crippen molar-refractivity contribution in [1.29, 1.82) is 0 Å². The normalized spacial score (nSPS) is 19.8. The fourth-order valence-electron chi connectivity index (χ4n) is 3.65. The molecule has 6 nitrogen and oxygen atoms in total. The van der Waals surface area contributed by atoms with E-state index in [0.717, 1.165) is 37.1 Å². The number of rotatable bonds is 3. The van der Waals surface area contributed by atoms with Crippen LogP contribution in [0.25, 0.3) is 11.1 Å². The zero-order valence-electron chi connectivity index (χ0n) is 14.4. The van der Waals surface area contributed by atoms with E-state index in [9.17, 15) is 9.59 Å². The molecule has 7 heteroatoms. The molecule has 26 heavy (non-hydrogen) atoms. The quantitative estimate of drug-likeness (QED) is 0.899. The number of anilines is 1. The Morgan fingerprint density at radius 3 is 2.65 bits per heavy atom. The molecular weight excluding hydrogens is 352 g/mol. The molecule has 0 saturated carbocycles. The van der Waals surface area contributed by atoms with Crippen LogP contribution in [-0.2, 0) is 16.1 Å². The largest absolute Gasteiger partial charge is 0.343 e.